The zero-order chi connectivity index (χ0) is 14.5. The number of β-amino-alcohol motifs (C(OH)–C–C–N with tert-alkyl or cyclic N) is 1. The van der Waals surface area contributed by atoms with Gasteiger partial charge in [-0.2, -0.15) is 0 Å². The van der Waals surface area contributed by atoms with Crippen molar-refractivity contribution in [2.24, 2.45) is 0 Å². The first-order chi connectivity index (χ1) is 10.3. The zero-order valence-corrected chi connectivity index (χ0v) is 14.7. The number of allylic oxidation sites excluding steroid dienone is 2. The summed E-state index contributed by atoms with van der Waals surface area (Å²) in [7, 11) is 0. The van der Waals surface area contributed by atoms with E-state index in [2.05, 4.69) is 25.1 Å². The fraction of sp³-hybridized carbons (Fsp3) is 0.706. The van der Waals surface area contributed by atoms with Gasteiger partial charge in [0.2, 0.25) is 0 Å². The van der Waals surface area contributed by atoms with Crippen LogP contribution >= 0.6 is 20.7 Å². The van der Waals surface area contributed by atoms with Crippen molar-refractivity contribution < 1.29 is 9.84 Å². The fourth-order valence-electron chi connectivity index (χ4n) is 3.59. The standard InChI is InChI=1S/C17H26INO2/c20-15-7-11-19(13-15)16-3-1-2-4-17(16)21-12-8-14-5-9-18-10-6-14/h5-6,9-10,15-17,20H,1-4,7-8,11-13H2/t15-,16-,17-/m1/s1. The Labute approximate surface area is 137 Å². The van der Waals surface area contributed by atoms with Gasteiger partial charge in [-0.05, 0) is 39.4 Å². The Morgan fingerprint density at radius 3 is 2.95 bits per heavy atom. The van der Waals surface area contributed by atoms with Crippen molar-refractivity contribution >= 4 is 24.7 Å². The molecule has 0 radical (unpaired) electrons. The molecule has 1 saturated heterocycles. The summed E-state index contributed by atoms with van der Waals surface area (Å²) >= 11 is 0.187. The molecule has 0 spiro atoms. The molecule has 0 amide bonds. The number of hydrogen-bond donors (Lipinski definition) is 1. The molecule has 0 bridgehead atoms. The first-order valence-corrected chi connectivity index (χ1v) is 10.7. The molecule has 0 aromatic rings. The highest BCUT2D eigenvalue weighted by atomic mass is 127. The minimum absolute atomic E-state index is 0.121. The number of likely N-dealkylation sites (tertiary alicyclic amines) is 1. The molecule has 1 saturated carbocycles. The summed E-state index contributed by atoms with van der Waals surface area (Å²) in [6, 6.07) is 0.532. The first-order valence-electron chi connectivity index (χ1n) is 8.17. The van der Waals surface area contributed by atoms with Crippen LogP contribution in [0.1, 0.15) is 38.5 Å². The van der Waals surface area contributed by atoms with Crippen LogP contribution < -0.4 is 0 Å². The summed E-state index contributed by atoms with van der Waals surface area (Å²) in [5, 5.41) is 9.76. The molecular weight excluding hydrogens is 377 g/mol. The van der Waals surface area contributed by atoms with E-state index in [-0.39, 0.29) is 26.8 Å². The lowest BCUT2D eigenvalue weighted by Gasteiger charge is -2.37. The number of hydrogen-bond acceptors (Lipinski definition) is 3. The lowest BCUT2D eigenvalue weighted by atomic mass is 9.91. The summed E-state index contributed by atoms with van der Waals surface area (Å²) in [6.45, 7) is 2.72. The van der Waals surface area contributed by atoms with E-state index in [9.17, 15) is 5.11 Å². The monoisotopic (exact) mass is 403 g/mol. The number of rotatable bonds is 5. The van der Waals surface area contributed by atoms with Crippen LogP contribution in [-0.2, 0) is 4.74 Å². The summed E-state index contributed by atoms with van der Waals surface area (Å²) < 4.78 is 10.9. The largest absolute Gasteiger partial charge is 0.392 e. The highest BCUT2D eigenvalue weighted by molar-refractivity contribution is 14.2. The molecule has 118 valence electrons. The third kappa shape index (κ3) is 4.47. The Morgan fingerprint density at radius 1 is 1.29 bits per heavy atom. The van der Waals surface area contributed by atoms with E-state index in [1.54, 1.807) is 0 Å². The van der Waals surface area contributed by atoms with Gasteiger partial charge in [-0.15, -0.1) is 0 Å². The van der Waals surface area contributed by atoms with E-state index in [1.807, 2.05) is 0 Å². The first kappa shape index (κ1) is 15.8. The van der Waals surface area contributed by atoms with E-state index >= 15 is 0 Å². The van der Waals surface area contributed by atoms with Crippen LogP contribution in [0.15, 0.2) is 21.8 Å². The van der Waals surface area contributed by atoms with Gasteiger partial charge in [0.25, 0.3) is 0 Å². The van der Waals surface area contributed by atoms with Gasteiger partial charge in [0.1, 0.15) is 0 Å². The molecule has 2 fully saturated rings. The number of aliphatic hydroxyl groups is 1. The Hall–Kier alpha value is -0.0400. The molecule has 0 aromatic heterocycles. The van der Waals surface area contributed by atoms with Crippen molar-refractivity contribution in [3.63, 3.8) is 0 Å². The summed E-state index contributed by atoms with van der Waals surface area (Å²) in [4.78, 5) is 2.46. The topological polar surface area (TPSA) is 32.7 Å². The smallest absolute Gasteiger partial charge is 0.0730 e. The van der Waals surface area contributed by atoms with Crippen LogP contribution in [-0.4, -0.2) is 52.0 Å². The maximum absolute atomic E-state index is 9.76. The van der Waals surface area contributed by atoms with Gasteiger partial charge in [-0.25, -0.2) is 0 Å². The SMILES string of the molecule is O[C@@H]1CCN([C@@H]2CCCC[C@H]2OCCC2=CC=IC=C2)C1. The second-order valence-corrected chi connectivity index (χ2v) is 8.39. The third-order valence-corrected chi connectivity index (χ3v) is 6.30. The molecule has 3 rings (SSSR count). The van der Waals surface area contributed by atoms with Crippen molar-refractivity contribution in [1.29, 1.82) is 0 Å². The minimum Gasteiger partial charge on any atom is -0.392 e. The molecule has 2 heterocycles. The fourth-order valence-corrected chi connectivity index (χ4v) is 5.16. The molecule has 21 heavy (non-hydrogen) atoms. The van der Waals surface area contributed by atoms with Crippen molar-refractivity contribution in [3.05, 3.63) is 21.8 Å². The van der Waals surface area contributed by atoms with Crippen LogP contribution in [0.4, 0.5) is 0 Å². The van der Waals surface area contributed by atoms with Gasteiger partial charge in [-0.3, -0.25) is 4.90 Å². The van der Waals surface area contributed by atoms with E-state index in [0.717, 1.165) is 32.5 Å². The van der Waals surface area contributed by atoms with Crippen molar-refractivity contribution in [2.75, 3.05) is 19.7 Å². The summed E-state index contributed by atoms with van der Waals surface area (Å²) in [6.07, 6.45) is 11.8. The van der Waals surface area contributed by atoms with E-state index in [1.165, 1.54) is 31.3 Å². The molecule has 1 aliphatic carbocycles. The van der Waals surface area contributed by atoms with E-state index in [0.29, 0.717) is 12.1 Å². The highest BCUT2D eigenvalue weighted by Gasteiger charge is 2.34. The van der Waals surface area contributed by atoms with Crippen LogP contribution in [0.2, 0.25) is 0 Å². The second kappa shape index (κ2) is 7.99. The van der Waals surface area contributed by atoms with Crippen LogP contribution in [0.3, 0.4) is 0 Å². The van der Waals surface area contributed by atoms with Crippen LogP contribution in [0.5, 0.6) is 0 Å². The molecule has 3 atom stereocenters. The molecule has 4 heteroatoms. The van der Waals surface area contributed by atoms with Gasteiger partial charge >= 0.3 is 0 Å². The molecule has 3 aliphatic rings. The molecule has 0 unspecified atom stereocenters. The van der Waals surface area contributed by atoms with Crippen molar-refractivity contribution in [2.45, 2.75) is 56.8 Å². The van der Waals surface area contributed by atoms with Crippen molar-refractivity contribution in [3.8, 4) is 0 Å². The number of nitrogens with zero attached hydrogens (tertiary/aromatic N) is 1. The molecule has 0 aromatic carbocycles. The maximum atomic E-state index is 9.76. The zero-order valence-electron chi connectivity index (χ0n) is 12.6. The van der Waals surface area contributed by atoms with Gasteiger partial charge in [0.05, 0.1) is 18.8 Å². The second-order valence-electron chi connectivity index (χ2n) is 6.23. The summed E-state index contributed by atoms with van der Waals surface area (Å²) in [5.41, 5.74) is 1.41. The Bertz CT molecular complexity index is 433. The van der Waals surface area contributed by atoms with Crippen molar-refractivity contribution in [1.82, 2.24) is 4.90 Å². The van der Waals surface area contributed by atoms with Gasteiger partial charge in [0, 0.05) is 19.1 Å². The lowest BCUT2D eigenvalue weighted by Crippen LogP contribution is -2.46. The predicted octanol–water partition coefficient (Wildman–Crippen LogP) is 3.00. The van der Waals surface area contributed by atoms with Crippen LogP contribution in [0, 0.1) is 0 Å². The van der Waals surface area contributed by atoms with Gasteiger partial charge < -0.3 is 9.84 Å². The lowest BCUT2D eigenvalue weighted by molar-refractivity contribution is -0.0314. The van der Waals surface area contributed by atoms with E-state index in [4.69, 9.17) is 4.74 Å². The highest BCUT2D eigenvalue weighted by Crippen LogP contribution is 2.28. The van der Waals surface area contributed by atoms with E-state index < -0.39 is 0 Å². The Kier molecular flexibility index (Phi) is 6.03. The molecule has 3 nitrogen and oxygen atoms in total. The van der Waals surface area contributed by atoms with Crippen LogP contribution in [0.25, 0.3) is 0 Å². The van der Waals surface area contributed by atoms with Gasteiger partial charge in [-0.1, -0.05) is 45.7 Å². The molecule has 2 aliphatic heterocycles. The predicted molar refractivity (Wildman–Crippen MR) is 96.1 cm³/mol. The average molecular weight is 403 g/mol. The number of ether oxygens (including phenoxy) is 1. The average Bonchev–Trinajstić information content (AvgIpc) is 2.95. The third-order valence-electron chi connectivity index (χ3n) is 4.75. The Balaban J connectivity index is 1.49. The summed E-state index contributed by atoms with van der Waals surface area (Å²) in [5.74, 6) is 0. The quantitative estimate of drug-likeness (QED) is 0.717. The molecular formula is C17H26INO2. The minimum atomic E-state index is -0.121. The number of halogens is 1. The normalized spacial score (nSPS) is 33.8. The van der Waals surface area contributed by atoms with Gasteiger partial charge in [0.15, 0.2) is 0 Å². The maximum Gasteiger partial charge on any atom is 0.0730 e. The number of aliphatic hydroxyl groups excluding tert-OH is 1. The Morgan fingerprint density at radius 2 is 2.19 bits per heavy atom. The molecule has 1 N–H and O–H groups in total.